The molecule has 0 aromatic carbocycles. The van der Waals surface area contributed by atoms with Gasteiger partial charge >= 0.3 is 0 Å². The van der Waals surface area contributed by atoms with Gasteiger partial charge in [0, 0.05) is 38.0 Å². The lowest BCUT2D eigenvalue weighted by molar-refractivity contribution is 0.0767. The van der Waals surface area contributed by atoms with E-state index < -0.39 is 9.84 Å². The van der Waals surface area contributed by atoms with E-state index in [1.807, 2.05) is 6.08 Å². The zero-order valence-corrected chi connectivity index (χ0v) is 14.9. The van der Waals surface area contributed by atoms with Crippen LogP contribution in [0, 0.1) is 17.8 Å². The molecule has 4 fully saturated rings. The third-order valence-electron chi connectivity index (χ3n) is 5.98. The minimum atomic E-state index is -2.83. The highest BCUT2D eigenvalue weighted by atomic mass is 32.2. The normalized spacial score (nSPS) is 40.1. The summed E-state index contributed by atoms with van der Waals surface area (Å²) in [6.07, 6.45) is 5.85. The Kier molecular flexibility index (Phi) is 4.33. The quantitative estimate of drug-likeness (QED) is 0.457. The molecule has 4 aliphatic heterocycles. The van der Waals surface area contributed by atoms with Gasteiger partial charge in [-0.25, -0.2) is 8.42 Å². The summed E-state index contributed by atoms with van der Waals surface area (Å²) in [7, 11) is -2.83. The van der Waals surface area contributed by atoms with E-state index in [9.17, 15) is 8.42 Å². The largest absolute Gasteiger partial charge is 0.374 e. The number of nitrogens with zero attached hydrogens (tertiary/aromatic N) is 2. The van der Waals surface area contributed by atoms with Crippen LogP contribution in [0.15, 0.2) is 17.6 Å². The summed E-state index contributed by atoms with van der Waals surface area (Å²) in [6.45, 7) is 7.04. The summed E-state index contributed by atoms with van der Waals surface area (Å²) in [6, 6.07) is 0. The van der Waals surface area contributed by atoms with Gasteiger partial charge in [0.15, 0.2) is 15.8 Å². The molecule has 0 aromatic heterocycles. The molecule has 134 valence electrons. The maximum atomic E-state index is 11.6. The van der Waals surface area contributed by atoms with Crippen molar-refractivity contribution in [2.24, 2.45) is 22.7 Å². The van der Waals surface area contributed by atoms with Crippen molar-refractivity contribution in [1.82, 2.24) is 10.2 Å². The number of hydrogen-bond acceptors (Lipinski definition) is 4. The van der Waals surface area contributed by atoms with Crippen molar-refractivity contribution in [1.29, 1.82) is 0 Å². The summed E-state index contributed by atoms with van der Waals surface area (Å²) < 4.78 is 29.3. The van der Waals surface area contributed by atoms with Crippen LogP contribution < -0.4 is 5.32 Å². The summed E-state index contributed by atoms with van der Waals surface area (Å²) in [5.41, 5.74) is 0. The van der Waals surface area contributed by atoms with Gasteiger partial charge in [-0.05, 0) is 25.2 Å². The molecule has 5 unspecified atom stereocenters. The molecule has 4 rings (SSSR count). The second-order valence-electron chi connectivity index (χ2n) is 7.63. The molecule has 2 bridgehead atoms. The predicted octanol–water partition coefficient (Wildman–Crippen LogP) is 0.662. The minimum Gasteiger partial charge on any atom is -0.374 e. The average Bonchev–Trinajstić information content (AvgIpc) is 3.27. The smallest absolute Gasteiger partial charge is 0.194 e. The minimum absolute atomic E-state index is 0.164. The van der Waals surface area contributed by atoms with E-state index in [0.717, 1.165) is 25.5 Å². The molecular formula is C17H27N3O3S. The molecular weight excluding hydrogens is 326 g/mol. The highest BCUT2D eigenvalue weighted by molar-refractivity contribution is 7.91. The van der Waals surface area contributed by atoms with Crippen LogP contribution in [-0.2, 0) is 14.6 Å². The van der Waals surface area contributed by atoms with Gasteiger partial charge < -0.3 is 15.0 Å². The first-order valence-corrected chi connectivity index (χ1v) is 10.9. The molecule has 0 aliphatic carbocycles. The van der Waals surface area contributed by atoms with Crippen molar-refractivity contribution in [3.63, 3.8) is 0 Å². The molecule has 0 amide bonds. The summed E-state index contributed by atoms with van der Waals surface area (Å²) >= 11 is 0. The monoisotopic (exact) mass is 353 g/mol. The van der Waals surface area contributed by atoms with E-state index in [-0.39, 0.29) is 11.7 Å². The van der Waals surface area contributed by atoms with E-state index in [0.29, 0.717) is 42.9 Å². The SMILES string of the molecule is C=CCNC(=NCC1CCS(=O)(=O)C1)N1CC2C3CCC(O3)C2C1. The van der Waals surface area contributed by atoms with Gasteiger partial charge in [0.1, 0.15) is 0 Å². The fourth-order valence-electron chi connectivity index (χ4n) is 4.80. The number of hydrogen-bond donors (Lipinski definition) is 1. The van der Waals surface area contributed by atoms with E-state index in [2.05, 4.69) is 16.8 Å². The first-order valence-electron chi connectivity index (χ1n) is 9.06. The Morgan fingerprint density at radius 2 is 1.96 bits per heavy atom. The second-order valence-corrected chi connectivity index (χ2v) is 9.85. The third kappa shape index (κ3) is 3.08. The van der Waals surface area contributed by atoms with Crippen LogP contribution in [0.1, 0.15) is 19.3 Å². The molecule has 0 spiro atoms. The standard InChI is InChI=1S/C17H27N3O3S/c1-2-6-18-17(19-8-12-5-7-24(21,22)11-12)20-9-13-14(10-20)16-4-3-15(13)23-16/h2,12-16H,1,3-11H2,(H,18,19). The van der Waals surface area contributed by atoms with E-state index >= 15 is 0 Å². The van der Waals surface area contributed by atoms with Crippen molar-refractivity contribution in [3.05, 3.63) is 12.7 Å². The number of likely N-dealkylation sites (tertiary alicyclic amines) is 1. The van der Waals surface area contributed by atoms with Gasteiger partial charge in [0.2, 0.25) is 0 Å². The Balaban J connectivity index is 1.42. The predicted molar refractivity (Wildman–Crippen MR) is 93.7 cm³/mol. The van der Waals surface area contributed by atoms with E-state index in [4.69, 9.17) is 9.73 Å². The Labute approximate surface area is 144 Å². The maximum absolute atomic E-state index is 11.6. The number of nitrogens with one attached hydrogen (secondary N) is 1. The fourth-order valence-corrected chi connectivity index (χ4v) is 6.65. The number of rotatable bonds is 4. The molecule has 6 nitrogen and oxygen atoms in total. The molecule has 4 saturated heterocycles. The molecule has 5 atom stereocenters. The van der Waals surface area contributed by atoms with E-state index in [1.54, 1.807) is 0 Å². The number of guanidine groups is 1. The van der Waals surface area contributed by atoms with Gasteiger partial charge in [-0.3, -0.25) is 4.99 Å². The lowest BCUT2D eigenvalue weighted by atomic mass is 9.82. The highest BCUT2D eigenvalue weighted by Crippen LogP contribution is 2.47. The zero-order chi connectivity index (χ0) is 16.7. The molecule has 0 radical (unpaired) electrons. The van der Waals surface area contributed by atoms with Crippen molar-refractivity contribution in [2.75, 3.05) is 37.7 Å². The number of sulfone groups is 1. The summed E-state index contributed by atoms with van der Waals surface area (Å²) in [5, 5.41) is 3.36. The van der Waals surface area contributed by atoms with Crippen molar-refractivity contribution >= 4 is 15.8 Å². The number of fused-ring (bicyclic) bond motifs is 5. The van der Waals surface area contributed by atoms with Gasteiger partial charge in [-0.15, -0.1) is 6.58 Å². The first-order chi connectivity index (χ1) is 11.6. The average molecular weight is 353 g/mol. The van der Waals surface area contributed by atoms with Crippen LogP contribution in [0.5, 0.6) is 0 Å². The van der Waals surface area contributed by atoms with Crippen LogP contribution in [0.4, 0.5) is 0 Å². The second kappa shape index (κ2) is 6.33. The Morgan fingerprint density at radius 1 is 1.25 bits per heavy atom. The van der Waals surface area contributed by atoms with E-state index in [1.165, 1.54) is 12.8 Å². The van der Waals surface area contributed by atoms with Crippen LogP contribution in [0.3, 0.4) is 0 Å². The molecule has 0 aromatic rings. The Hall–Kier alpha value is -1.08. The van der Waals surface area contributed by atoms with Gasteiger partial charge in [-0.1, -0.05) is 6.08 Å². The van der Waals surface area contributed by atoms with Crippen molar-refractivity contribution in [3.8, 4) is 0 Å². The molecule has 4 aliphatic rings. The first kappa shape index (κ1) is 16.4. The zero-order valence-electron chi connectivity index (χ0n) is 14.1. The summed E-state index contributed by atoms with van der Waals surface area (Å²) in [4.78, 5) is 7.11. The van der Waals surface area contributed by atoms with Gasteiger partial charge in [-0.2, -0.15) is 0 Å². The lowest BCUT2D eigenvalue weighted by Crippen LogP contribution is -2.41. The van der Waals surface area contributed by atoms with Crippen molar-refractivity contribution in [2.45, 2.75) is 31.5 Å². The number of aliphatic imine (C=N–C) groups is 1. The van der Waals surface area contributed by atoms with Gasteiger partial charge in [0.25, 0.3) is 0 Å². The number of ether oxygens (including phenoxy) is 1. The fraction of sp³-hybridized carbons (Fsp3) is 0.824. The molecule has 24 heavy (non-hydrogen) atoms. The van der Waals surface area contributed by atoms with Crippen LogP contribution in [-0.4, -0.2) is 69.2 Å². The molecule has 7 heteroatoms. The Morgan fingerprint density at radius 3 is 2.54 bits per heavy atom. The van der Waals surface area contributed by atoms with Gasteiger partial charge in [0.05, 0.1) is 23.7 Å². The highest BCUT2D eigenvalue weighted by Gasteiger charge is 2.53. The summed E-state index contributed by atoms with van der Waals surface area (Å²) in [5.74, 6) is 2.94. The Bertz CT molecular complexity index is 615. The van der Waals surface area contributed by atoms with Crippen LogP contribution in [0.25, 0.3) is 0 Å². The molecule has 0 saturated carbocycles. The third-order valence-corrected chi connectivity index (χ3v) is 7.82. The lowest BCUT2D eigenvalue weighted by Gasteiger charge is -2.23. The van der Waals surface area contributed by atoms with Crippen molar-refractivity contribution < 1.29 is 13.2 Å². The van der Waals surface area contributed by atoms with Crippen LogP contribution >= 0.6 is 0 Å². The topological polar surface area (TPSA) is 71.0 Å². The molecule has 1 N–H and O–H groups in total. The maximum Gasteiger partial charge on any atom is 0.194 e. The molecule has 4 heterocycles. The van der Waals surface area contributed by atoms with Crippen LogP contribution in [0.2, 0.25) is 0 Å².